The first kappa shape index (κ1) is 16.1. The normalized spacial score (nSPS) is 19.7. The van der Waals surface area contributed by atoms with Gasteiger partial charge in [0.15, 0.2) is 11.6 Å². The van der Waals surface area contributed by atoms with Crippen molar-refractivity contribution in [1.82, 2.24) is 0 Å². The molecule has 0 N–H and O–H groups in total. The van der Waals surface area contributed by atoms with Crippen LogP contribution in [0.2, 0.25) is 0 Å². The minimum absolute atomic E-state index is 0.0746. The molecule has 4 heteroatoms. The maximum absolute atomic E-state index is 14.4. The minimum Gasteiger partial charge on any atom is -0.299 e. The van der Waals surface area contributed by atoms with E-state index in [1.165, 1.54) is 18.2 Å². The molecule has 4 rings (SSSR count). The summed E-state index contributed by atoms with van der Waals surface area (Å²) < 4.78 is 41.9. The van der Waals surface area contributed by atoms with Gasteiger partial charge >= 0.3 is 0 Å². The Hall–Kier alpha value is -2.36. The molecule has 0 aliphatic heterocycles. The zero-order valence-corrected chi connectivity index (χ0v) is 13.6. The van der Waals surface area contributed by atoms with Gasteiger partial charge in [-0.2, -0.15) is 0 Å². The van der Waals surface area contributed by atoms with Gasteiger partial charge in [0, 0.05) is 24.3 Å². The van der Waals surface area contributed by atoms with Crippen molar-refractivity contribution in [2.45, 2.75) is 38.0 Å². The molecule has 128 valence electrons. The lowest BCUT2D eigenvalue weighted by atomic mass is 9.82. The Kier molecular flexibility index (Phi) is 3.98. The van der Waals surface area contributed by atoms with Gasteiger partial charge in [-0.05, 0) is 47.7 Å². The van der Waals surface area contributed by atoms with Crippen LogP contribution < -0.4 is 0 Å². The van der Waals surface area contributed by atoms with Crippen molar-refractivity contribution in [3.8, 4) is 11.1 Å². The maximum Gasteiger partial charge on any atom is 0.166 e. The molecule has 0 radical (unpaired) electrons. The third kappa shape index (κ3) is 2.80. The zero-order chi connectivity index (χ0) is 17.6. The Labute approximate surface area is 144 Å². The molecule has 25 heavy (non-hydrogen) atoms. The lowest BCUT2D eigenvalue weighted by Crippen LogP contribution is -2.10. The van der Waals surface area contributed by atoms with E-state index in [4.69, 9.17) is 0 Å². The molecule has 1 unspecified atom stereocenters. The Morgan fingerprint density at radius 3 is 2.52 bits per heavy atom. The number of allylic oxidation sites excluding steroid dienone is 1. The van der Waals surface area contributed by atoms with Crippen LogP contribution in [0.3, 0.4) is 0 Å². The third-order valence-electron chi connectivity index (χ3n) is 5.18. The summed E-state index contributed by atoms with van der Waals surface area (Å²) in [5, 5.41) is 0. The van der Waals surface area contributed by atoms with Gasteiger partial charge in [-0.15, -0.1) is 0 Å². The number of hydrogen-bond acceptors (Lipinski definition) is 1. The molecular formula is C21H17F3O. The Morgan fingerprint density at radius 1 is 1.00 bits per heavy atom. The molecular weight excluding hydrogens is 325 g/mol. The molecule has 0 saturated heterocycles. The van der Waals surface area contributed by atoms with Gasteiger partial charge in [-0.25, -0.2) is 13.2 Å². The first-order valence-corrected chi connectivity index (χ1v) is 8.54. The highest BCUT2D eigenvalue weighted by Crippen LogP contribution is 2.48. The van der Waals surface area contributed by atoms with Crippen LogP contribution in [0.1, 0.15) is 49.1 Å². The number of benzene rings is 2. The standard InChI is InChI=1S/C21H17F3O/c22-14-7-5-12(6-8-14)17-11-19(23)21(24)18-10-13-9-15(25)3-1-2-4-16(13)20(17)18/h5-8,10-11,16H,1-4,9H2. The highest BCUT2D eigenvalue weighted by Gasteiger charge is 2.33. The van der Waals surface area contributed by atoms with Crippen molar-refractivity contribution < 1.29 is 18.0 Å². The summed E-state index contributed by atoms with van der Waals surface area (Å²) in [6.45, 7) is 0. The molecule has 0 bridgehead atoms. The number of fused-ring (bicyclic) bond motifs is 3. The van der Waals surface area contributed by atoms with Gasteiger partial charge in [0.05, 0.1) is 0 Å². The number of carbonyl (C=O) groups excluding carboxylic acids is 1. The lowest BCUT2D eigenvalue weighted by Gasteiger charge is -2.22. The van der Waals surface area contributed by atoms with Crippen molar-refractivity contribution in [1.29, 1.82) is 0 Å². The van der Waals surface area contributed by atoms with E-state index < -0.39 is 11.6 Å². The molecule has 2 aliphatic rings. The number of halogens is 3. The van der Waals surface area contributed by atoms with Crippen LogP contribution >= 0.6 is 0 Å². The molecule has 2 aromatic carbocycles. The lowest BCUT2D eigenvalue weighted by molar-refractivity contribution is -0.118. The van der Waals surface area contributed by atoms with Crippen LogP contribution in [-0.4, -0.2) is 5.78 Å². The van der Waals surface area contributed by atoms with Crippen molar-refractivity contribution in [2.24, 2.45) is 0 Å². The second-order valence-corrected chi connectivity index (χ2v) is 6.79. The average molecular weight is 342 g/mol. The molecule has 1 fully saturated rings. The summed E-state index contributed by atoms with van der Waals surface area (Å²) in [6.07, 6.45) is 4.99. The van der Waals surface area contributed by atoms with E-state index in [0.717, 1.165) is 30.4 Å². The summed E-state index contributed by atoms with van der Waals surface area (Å²) in [6, 6.07) is 6.98. The number of Topliss-reactive ketones (excluding diaryl/α,β-unsaturated/α-hetero) is 1. The highest BCUT2D eigenvalue weighted by molar-refractivity contribution is 5.86. The average Bonchev–Trinajstić information content (AvgIpc) is 2.92. The van der Waals surface area contributed by atoms with Crippen LogP contribution in [0.4, 0.5) is 13.2 Å². The number of rotatable bonds is 1. The van der Waals surface area contributed by atoms with Crippen molar-refractivity contribution in [3.63, 3.8) is 0 Å². The second kappa shape index (κ2) is 6.17. The topological polar surface area (TPSA) is 17.1 Å². The van der Waals surface area contributed by atoms with Crippen LogP contribution in [0.15, 0.2) is 35.9 Å². The summed E-state index contributed by atoms with van der Waals surface area (Å²) in [5.41, 5.74) is 3.08. The van der Waals surface area contributed by atoms with E-state index in [1.54, 1.807) is 18.2 Å². The summed E-state index contributed by atoms with van der Waals surface area (Å²) in [4.78, 5) is 12.0. The van der Waals surface area contributed by atoms with Gasteiger partial charge < -0.3 is 0 Å². The fraction of sp³-hybridized carbons (Fsp3) is 0.286. The Balaban J connectivity index is 1.89. The molecule has 0 aromatic heterocycles. The first-order valence-electron chi connectivity index (χ1n) is 8.54. The highest BCUT2D eigenvalue weighted by atomic mass is 19.2. The van der Waals surface area contributed by atoms with Crippen LogP contribution in [0.5, 0.6) is 0 Å². The quantitative estimate of drug-likeness (QED) is 0.641. The van der Waals surface area contributed by atoms with E-state index >= 15 is 0 Å². The molecule has 0 spiro atoms. The van der Waals surface area contributed by atoms with E-state index in [-0.39, 0.29) is 23.1 Å². The fourth-order valence-corrected chi connectivity index (χ4v) is 4.01. The van der Waals surface area contributed by atoms with E-state index in [0.29, 0.717) is 24.0 Å². The van der Waals surface area contributed by atoms with Crippen molar-refractivity contribution in [2.75, 3.05) is 0 Å². The first-order chi connectivity index (χ1) is 12.0. The predicted octanol–water partition coefficient (Wildman–Crippen LogP) is 5.78. The van der Waals surface area contributed by atoms with Crippen LogP contribution in [0.25, 0.3) is 17.2 Å². The SMILES string of the molecule is O=C1CCCCC2C(=Cc3c(F)c(F)cc(-c4ccc(F)cc4)c32)C1. The number of ketones is 1. The molecule has 2 aliphatic carbocycles. The van der Waals surface area contributed by atoms with E-state index in [1.807, 2.05) is 0 Å². The van der Waals surface area contributed by atoms with Gasteiger partial charge in [-0.1, -0.05) is 30.2 Å². The summed E-state index contributed by atoms with van der Waals surface area (Å²) in [5.74, 6) is -2.09. The van der Waals surface area contributed by atoms with Gasteiger partial charge in [0.1, 0.15) is 11.6 Å². The molecule has 1 atom stereocenters. The van der Waals surface area contributed by atoms with Crippen LogP contribution in [-0.2, 0) is 4.79 Å². The molecule has 0 heterocycles. The second-order valence-electron chi connectivity index (χ2n) is 6.79. The molecule has 1 saturated carbocycles. The van der Waals surface area contributed by atoms with Crippen LogP contribution in [0, 0.1) is 17.5 Å². The monoisotopic (exact) mass is 342 g/mol. The summed E-state index contributed by atoms with van der Waals surface area (Å²) >= 11 is 0. The molecule has 0 amide bonds. The largest absolute Gasteiger partial charge is 0.299 e. The fourth-order valence-electron chi connectivity index (χ4n) is 4.01. The van der Waals surface area contributed by atoms with Gasteiger partial charge in [0.25, 0.3) is 0 Å². The van der Waals surface area contributed by atoms with Crippen molar-refractivity contribution >= 4 is 11.9 Å². The Morgan fingerprint density at radius 2 is 1.76 bits per heavy atom. The molecule has 1 nitrogen and oxygen atoms in total. The van der Waals surface area contributed by atoms with E-state index in [2.05, 4.69) is 0 Å². The van der Waals surface area contributed by atoms with Gasteiger partial charge in [0.2, 0.25) is 0 Å². The summed E-state index contributed by atoms with van der Waals surface area (Å²) in [7, 11) is 0. The molecule has 2 aromatic rings. The zero-order valence-electron chi connectivity index (χ0n) is 13.6. The predicted molar refractivity (Wildman–Crippen MR) is 90.6 cm³/mol. The van der Waals surface area contributed by atoms with E-state index in [9.17, 15) is 18.0 Å². The Bertz CT molecular complexity index is 881. The number of hydrogen-bond donors (Lipinski definition) is 0. The number of carbonyl (C=O) groups is 1. The third-order valence-corrected chi connectivity index (χ3v) is 5.18. The maximum atomic E-state index is 14.4. The smallest absolute Gasteiger partial charge is 0.166 e. The van der Waals surface area contributed by atoms with Gasteiger partial charge in [-0.3, -0.25) is 4.79 Å². The van der Waals surface area contributed by atoms with Crippen molar-refractivity contribution in [3.05, 3.63) is 64.5 Å². The minimum atomic E-state index is -0.921.